The maximum Gasteiger partial charge on any atom is 0.416 e. The summed E-state index contributed by atoms with van der Waals surface area (Å²) >= 11 is 5.69. The van der Waals surface area contributed by atoms with E-state index < -0.39 is 11.7 Å². The first-order chi connectivity index (χ1) is 9.21. The number of nitrogens with zero attached hydrogens (tertiary/aromatic N) is 1. The van der Waals surface area contributed by atoms with Crippen LogP contribution in [-0.4, -0.2) is 19.2 Å². The lowest BCUT2D eigenvalue weighted by Gasteiger charge is -2.12. The van der Waals surface area contributed by atoms with E-state index in [-0.39, 0.29) is 28.0 Å². The number of hydrogen-bond donors (Lipinski definition) is 1. The zero-order valence-corrected chi connectivity index (χ0v) is 11.4. The van der Waals surface area contributed by atoms with Crippen molar-refractivity contribution in [3.05, 3.63) is 35.0 Å². The van der Waals surface area contributed by atoms with E-state index in [1.165, 1.54) is 17.0 Å². The molecule has 0 bridgehead atoms. The first-order valence-electron chi connectivity index (χ1n) is 5.58. The predicted molar refractivity (Wildman–Crippen MR) is 70.1 cm³/mol. The highest BCUT2D eigenvalue weighted by Gasteiger charge is 2.31. The van der Waals surface area contributed by atoms with Crippen molar-refractivity contribution in [3.8, 4) is 16.9 Å². The Balaban J connectivity index is 2.63. The van der Waals surface area contributed by atoms with E-state index in [1.54, 1.807) is 14.1 Å². The van der Waals surface area contributed by atoms with Crippen molar-refractivity contribution in [2.45, 2.75) is 6.18 Å². The molecule has 108 valence electrons. The molecule has 1 N–H and O–H groups in total. The first-order valence-corrected chi connectivity index (χ1v) is 5.96. The molecule has 0 aliphatic heterocycles. The van der Waals surface area contributed by atoms with Crippen LogP contribution < -0.4 is 4.90 Å². The van der Waals surface area contributed by atoms with Gasteiger partial charge < -0.3 is 14.4 Å². The summed E-state index contributed by atoms with van der Waals surface area (Å²) in [5.74, 6) is -0.193. The fourth-order valence-electron chi connectivity index (χ4n) is 1.81. The van der Waals surface area contributed by atoms with Crippen molar-refractivity contribution in [2.75, 3.05) is 19.0 Å². The molecule has 0 unspecified atom stereocenters. The number of halogens is 4. The molecule has 0 aliphatic rings. The molecule has 0 atom stereocenters. The van der Waals surface area contributed by atoms with Crippen LogP contribution in [0.1, 0.15) is 5.56 Å². The average Bonchev–Trinajstić information content (AvgIpc) is 2.65. The molecule has 0 saturated heterocycles. The van der Waals surface area contributed by atoms with Gasteiger partial charge in [0.15, 0.2) is 5.75 Å². The van der Waals surface area contributed by atoms with Crippen LogP contribution in [0.25, 0.3) is 11.1 Å². The van der Waals surface area contributed by atoms with Gasteiger partial charge in [-0.2, -0.15) is 13.2 Å². The van der Waals surface area contributed by atoms with Crippen LogP contribution in [0.3, 0.4) is 0 Å². The summed E-state index contributed by atoms with van der Waals surface area (Å²) in [5, 5.41) is 9.62. The largest absolute Gasteiger partial charge is 0.503 e. The molecule has 1 aromatic carbocycles. The lowest BCUT2D eigenvalue weighted by molar-refractivity contribution is -0.137. The Labute approximate surface area is 118 Å². The van der Waals surface area contributed by atoms with Gasteiger partial charge in [0, 0.05) is 14.1 Å². The van der Waals surface area contributed by atoms with Gasteiger partial charge in [-0.1, -0.05) is 12.1 Å². The Hall–Kier alpha value is -1.82. The minimum atomic E-state index is -4.46. The highest BCUT2D eigenvalue weighted by Crippen LogP contribution is 2.46. The third kappa shape index (κ3) is 2.56. The van der Waals surface area contributed by atoms with Crippen LogP contribution in [0, 0.1) is 0 Å². The molecule has 3 nitrogen and oxygen atoms in total. The molecule has 1 aromatic heterocycles. The summed E-state index contributed by atoms with van der Waals surface area (Å²) in [5.41, 5.74) is -0.501. The average molecular weight is 306 g/mol. The van der Waals surface area contributed by atoms with Crippen molar-refractivity contribution in [1.29, 1.82) is 0 Å². The topological polar surface area (TPSA) is 36.6 Å². The van der Waals surface area contributed by atoms with Gasteiger partial charge in [-0.25, -0.2) is 0 Å². The quantitative estimate of drug-likeness (QED) is 0.894. The second-order valence-corrected chi connectivity index (χ2v) is 4.72. The maximum atomic E-state index is 12.7. The second-order valence-electron chi connectivity index (χ2n) is 4.38. The van der Waals surface area contributed by atoms with Crippen LogP contribution >= 0.6 is 11.6 Å². The van der Waals surface area contributed by atoms with Gasteiger partial charge in [-0.15, -0.1) is 0 Å². The zero-order chi connectivity index (χ0) is 15.1. The number of anilines is 1. The van der Waals surface area contributed by atoms with Gasteiger partial charge in [0.25, 0.3) is 0 Å². The van der Waals surface area contributed by atoms with Crippen molar-refractivity contribution in [1.82, 2.24) is 0 Å². The molecule has 1 heterocycles. The van der Waals surface area contributed by atoms with E-state index in [4.69, 9.17) is 16.0 Å². The maximum absolute atomic E-state index is 12.7. The molecule has 7 heteroatoms. The summed E-state index contributed by atoms with van der Waals surface area (Å²) in [4.78, 5) is 1.52. The van der Waals surface area contributed by atoms with Crippen molar-refractivity contribution < 1.29 is 22.7 Å². The van der Waals surface area contributed by atoms with Gasteiger partial charge in [-0.3, -0.25) is 0 Å². The standard InChI is InChI=1S/C13H11ClF3NO2/c1-18(2)12-9(10(19)11(14)20-12)7-4-3-5-8(6-7)13(15,16)17/h3-6,19H,1-2H3. The fourth-order valence-corrected chi connectivity index (χ4v) is 1.98. The Kier molecular flexibility index (Phi) is 3.60. The van der Waals surface area contributed by atoms with E-state index in [9.17, 15) is 18.3 Å². The number of aromatic hydroxyl groups is 1. The summed E-state index contributed by atoms with van der Waals surface area (Å²) in [6, 6.07) is 4.60. The molecule has 0 fully saturated rings. The minimum Gasteiger partial charge on any atom is -0.503 e. The third-order valence-corrected chi connectivity index (χ3v) is 2.96. The highest BCUT2D eigenvalue weighted by atomic mass is 35.5. The Morgan fingerprint density at radius 3 is 2.45 bits per heavy atom. The smallest absolute Gasteiger partial charge is 0.416 e. The van der Waals surface area contributed by atoms with Gasteiger partial charge in [-0.05, 0) is 29.3 Å². The van der Waals surface area contributed by atoms with Crippen LogP contribution in [0.5, 0.6) is 5.75 Å². The van der Waals surface area contributed by atoms with Crippen molar-refractivity contribution in [3.63, 3.8) is 0 Å². The summed E-state index contributed by atoms with van der Waals surface area (Å²) in [6.07, 6.45) is -4.46. The van der Waals surface area contributed by atoms with E-state index in [2.05, 4.69) is 0 Å². The van der Waals surface area contributed by atoms with Crippen molar-refractivity contribution in [2.24, 2.45) is 0 Å². The van der Waals surface area contributed by atoms with E-state index in [0.29, 0.717) is 0 Å². The lowest BCUT2D eigenvalue weighted by atomic mass is 10.0. The predicted octanol–water partition coefficient (Wildman–Crippen LogP) is 4.39. The van der Waals surface area contributed by atoms with E-state index in [1.807, 2.05) is 0 Å². The molecule has 2 aromatic rings. The number of hydrogen-bond acceptors (Lipinski definition) is 3. The zero-order valence-electron chi connectivity index (χ0n) is 10.6. The highest BCUT2D eigenvalue weighted by molar-refractivity contribution is 6.31. The molecule has 0 radical (unpaired) electrons. The Bertz CT molecular complexity index is 635. The Morgan fingerprint density at radius 2 is 1.90 bits per heavy atom. The molecule has 0 saturated carbocycles. The van der Waals surface area contributed by atoms with Gasteiger partial charge in [0.2, 0.25) is 11.1 Å². The first kappa shape index (κ1) is 14.6. The molecule has 0 spiro atoms. The lowest BCUT2D eigenvalue weighted by Crippen LogP contribution is -2.09. The van der Waals surface area contributed by atoms with Crippen LogP contribution in [-0.2, 0) is 6.18 Å². The summed E-state index contributed by atoms with van der Waals surface area (Å²) in [6.45, 7) is 0. The van der Waals surface area contributed by atoms with Crippen LogP contribution in [0.2, 0.25) is 5.22 Å². The van der Waals surface area contributed by atoms with Crippen molar-refractivity contribution >= 4 is 17.5 Å². The monoisotopic (exact) mass is 305 g/mol. The van der Waals surface area contributed by atoms with Gasteiger partial charge in [0.05, 0.1) is 11.1 Å². The summed E-state index contributed by atoms with van der Waals surface area (Å²) in [7, 11) is 3.26. The number of benzene rings is 1. The molecular weight excluding hydrogens is 295 g/mol. The van der Waals surface area contributed by atoms with E-state index in [0.717, 1.165) is 12.1 Å². The van der Waals surface area contributed by atoms with E-state index >= 15 is 0 Å². The molecule has 20 heavy (non-hydrogen) atoms. The van der Waals surface area contributed by atoms with Crippen LogP contribution in [0.4, 0.5) is 19.1 Å². The second kappa shape index (κ2) is 4.94. The van der Waals surface area contributed by atoms with Gasteiger partial charge in [0.1, 0.15) is 0 Å². The van der Waals surface area contributed by atoms with Gasteiger partial charge >= 0.3 is 6.18 Å². The molecule has 0 amide bonds. The third-order valence-electron chi connectivity index (χ3n) is 2.71. The summed E-state index contributed by atoms with van der Waals surface area (Å²) < 4.78 is 43.3. The fraction of sp³-hybridized carbons (Fsp3) is 0.231. The Morgan fingerprint density at radius 1 is 1.25 bits per heavy atom. The molecule has 0 aliphatic carbocycles. The number of rotatable bonds is 2. The minimum absolute atomic E-state index is 0.131. The molecule has 2 rings (SSSR count). The van der Waals surface area contributed by atoms with Crippen LogP contribution in [0.15, 0.2) is 28.7 Å². The number of alkyl halides is 3. The SMILES string of the molecule is CN(C)c1oc(Cl)c(O)c1-c1cccc(C(F)(F)F)c1. The normalized spacial score (nSPS) is 11.7. The number of furan rings is 1. The molecular formula is C13H11ClF3NO2.